The zero-order chi connectivity index (χ0) is 14.5. The second-order valence-electron chi connectivity index (χ2n) is 3.71. The van der Waals surface area contributed by atoms with Crippen molar-refractivity contribution in [1.82, 2.24) is 0 Å². The molecule has 0 aliphatic rings. The van der Waals surface area contributed by atoms with Crippen molar-refractivity contribution in [2.45, 2.75) is 6.61 Å². The van der Waals surface area contributed by atoms with Crippen LogP contribution < -0.4 is 14.8 Å². The van der Waals surface area contributed by atoms with E-state index in [0.29, 0.717) is 11.3 Å². The van der Waals surface area contributed by atoms with E-state index >= 15 is 0 Å². The molecular weight excluding hydrogens is 272 g/mol. The first-order chi connectivity index (χ1) is 9.60. The largest absolute Gasteiger partial charge is 0.493 e. The molecule has 2 rings (SSSR count). The molecule has 0 unspecified atom stereocenters. The van der Waals surface area contributed by atoms with Crippen LogP contribution in [0.25, 0.3) is 0 Å². The Morgan fingerprint density at radius 1 is 1.30 bits per heavy atom. The van der Waals surface area contributed by atoms with Crippen LogP contribution in [-0.2, 0) is 0 Å². The third-order valence-electron chi connectivity index (χ3n) is 2.42. The molecule has 0 fully saturated rings. The van der Waals surface area contributed by atoms with E-state index in [1.54, 1.807) is 0 Å². The van der Waals surface area contributed by atoms with Gasteiger partial charge in [-0.3, -0.25) is 4.79 Å². The number of carbonyl (C=O) groups excluding carboxylic acids is 1. The monoisotopic (exact) mass is 283 g/mol. The number of benzene rings is 1. The average molecular weight is 283 g/mol. The van der Waals surface area contributed by atoms with Gasteiger partial charge in [0.25, 0.3) is 5.91 Å². The molecule has 7 heteroatoms. The predicted molar refractivity (Wildman–Crippen MR) is 66.3 cm³/mol. The van der Waals surface area contributed by atoms with Gasteiger partial charge in [0.15, 0.2) is 11.5 Å². The van der Waals surface area contributed by atoms with Gasteiger partial charge in [-0.2, -0.15) is 8.78 Å². The van der Waals surface area contributed by atoms with E-state index in [0.717, 1.165) is 0 Å². The highest BCUT2D eigenvalue weighted by molar-refractivity contribution is 6.04. The first-order valence-electron chi connectivity index (χ1n) is 5.56. The Labute approximate surface area is 113 Å². The zero-order valence-corrected chi connectivity index (χ0v) is 10.4. The Hall–Kier alpha value is -2.57. The summed E-state index contributed by atoms with van der Waals surface area (Å²) in [7, 11) is 1.33. The molecular formula is C13H11F2NO4. The standard InChI is InChI=1S/C13H11F2NO4/c1-18-10-3-2-9(6-11(10)20-13(14)15)16-12(17)8-4-5-19-7-8/h2-7,13H,1H3,(H,16,17). The SMILES string of the molecule is COc1ccc(NC(=O)c2ccoc2)cc1OC(F)F. The van der Waals surface area contributed by atoms with Gasteiger partial charge in [-0.25, -0.2) is 0 Å². The average Bonchev–Trinajstić information content (AvgIpc) is 2.92. The Bertz CT molecular complexity index is 584. The number of ether oxygens (including phenoxy) is 2. The smallest absolute Gasteiger partial charge is 0.387 e. The molecule has 0 spiro atoms. The minimum Gasteiger partial charge on any atom is -0.493 e. The van der Waals surface area contributed by atoms with E-state index < -0.39 is 12.5 Å². The third kappa shape index (κ3) is 3.25. The molecule has 0 bridgehead atoms. The normalized spacial score (nSPS) is 10.4. The quantitative estimate of drug-likeness (QED) is 0.915. The lowest BCUT2D eigenvalue weighted by Gasteiger charge is -2.11. The van der Waals surface area contributed by atoms with Gasteiger partial charge in [0.1, 0.15) is 6.26 Å². The highest BCUT2D eigenvalue weighted by Gasteiger charge is 2.13. The van der Waals surface area contributed by atoms with Crippen molar-refractivity contribution in [2.24, 2.45) is 0 Å². The van der Waals surface area contributed by atoms with E-state index in [1.165, 1.54) is 43.9 Å². The van der Waals surface area contributed by atoms with Crippen LogP contribution in [0.5, 0.6) is 11.5 Å². The van der Waals surface area contributed by atoms with Crippen molar-refractivity contribution in [1.29, 1.82) is 0 Å². The van der Waals surface area contributed by atoms with Crippen LogP contribution in [0, 0.1) is 0 Å². The number of nitrogens with one attached hydrogen (secondary N) is 1. The minimum absolute atomic E-state index is 0.145. The van der Waals surface area contributed by atoms with Gasteiger partial charge in [-0.05, 0) is 18.2 Å². The van der Waals surface area contributed by atoms with E-state index in [1.807, 2.05) is 0 Å². The fourth-order valence-corrected chi connectivity index (χ4v) is 1.54. The maximum absolute atomic E-state index is 12.3. The van der Waals surface area contributed by atoms with Crippen molar-refractivity contribution in [3.8, 4) is 11.5 Å². The number of hydrogen-bond donors (Lipinski definition) is 1. The summed E-state index contributed by atoms with van der Waals surface area (Å²) in [5, 5.41) is 2.53. The Morgan fingerprint density at radius 2 is 2.10 bits per heavy atom. The molecule has 1 aromatic carbocycles. The van der Waals surface area contributed by atoms with Gasteiger partial charge in [-0.15, -0.1) is 0 Å². The molecule has 1 heterocycles. The molecule has 0 aliphatic heterocycles. The molecule has 0 saturated heterocycles. The number of hydrogen-bond acceptors (Lipinski definition) is 4. The molecule has 0 radical (unpaired) electrons. The molecule has 2 aromatic rings. The fraction of sp³-hybridized carbons (Fsp3) is 0.154. The van der Waals surface area contributed by atoms with Crippen LogP contribution in [0.1, 0.15) is 10.4 Å². The fourth-order valence-electron chi connectivity index (χ4n) is 1.54. The molecule has 106 valence electrons. The lowest BCUT2D eigenvalue weighted by Crippen LogP contribution is -2.11. The Morgan fingerprint density at radius 3 is 2.70 bits per heavy atom. The van der Waals surface area contributed by atoms with Crippen LogP contribution in [0.2, 0.25) is 0 Å². The van der Waals surface area contributed by atoms with Crippen molar-refractivity contribution in [3.05, 3.63) is 42.4 Å². The van der Waals surface area contributed by atoms with Crippen LogP contribution in [0.15, 0.2) is 41.2 Å². The number of anilines is 1. The third-order valence-corrected chi connectivity index (χ3v) is 2.42. The number of carbonyl (C=O) groups is 1. The number of alkyl halides is 2. The first-order valence-corrected chi connectivity index (χ1v) is 5.56. The Kier molecular flexibility index (Phi) is 4.19. The summed E-state index contributed by atoms with van der Waals surface area (Å²) < 4.78 is 38.5. The zero-order valence-electron chi connectivity index (χ0n) is 10.4. The van der Waals surface area contributed by atoms with Crippen molar-refractivity contribution in [3.63, 3.8) is 0 Å². The van der Waals surface area contributed by atoms with Crippen molar-refractivity contribution in [2.75, 3.05) is 12.4 Å². The van der Waals surface area contributed by atoms with Crippen molar-refractivity contribution < 1.29 is 27.5 Å². The summed E-state index contributed by atoms with van der Waals surface area (Å²) in [4.78, 5) is 11.8. The van der Waals surface area contributed by atoms with E-state index in [9.17, 15) is 13.6 Å². The Balaban J connectivity index is 2.18. The maximum atomic E-state index is 12.3. The van der Waals surface area contributed by atoms with Gasteiger partial charge >= 0.3 is 6.61 Å². The van der Waals surface area contributed by atoms with Crippen LogP contribution >= 0.6 is 0 Å². The highest BCUT2D eigenvalue weighted by Crippen LogP contribution is 2.31. The molecule has 1 amide bonds. The van der Waals surface area contributed by atoms with Crippen LogP contribution in [-0.4, -0.2) is 19.6 Å². The lowest BCUT2D eigenvalue weighted by molar-refractivity contribution is -0.0511. The summed E-state index contributed by atoms with van der Waals surface area (Å²) in [6, 6.07) is 5.66. The van der Waals surface area contributed by atoms with Gasteiger partial charge in [0, 0.05) is 11.8 Å². The molecule has 5 nitrogen and oxygen atoms in total. The molecule has 1 aromatic heterocycles. The number of halogens is 2. The number of amides is 1. The second kappa shape index (κ2) is 6.05. The highest BCUT2D eigenvalue weighted by atomic mass is 19.3. The van der Waals surface area contributed by atoms with Crippen molar-refractivity contribution >= 4 is 11.6 Å². The second-order valence-corrected chi connectivity index (χ2v) is 3.71. The lowest BCUT2D eigenvalue weighted by atomic mass is 10.2. The first kappa shape index (κ1) is 13.9. The van der Waals surface area contributed by atoms with E-state index in [4.69, 9.17) is 9.15 Å². The minimum atomic E-state index is -2.98. The molecule has 20 heavy (non-hydrogen) atoms. The van der Waals surface area contributed by atoms with Gasteiger partial charge in [0.05, 0.1) is 18.9 Å². The van der Waals surface area contributed by atoms with Crippen LogP contribution in [0.4, 0.5) is 14.5 Å². The molecule has 1 N–H and O–H groups in total. The van der Waals surface area contributed by atoms with Gasteiger partial charge in [0.2, 0.25) is 0 Å². The molecule has 0 aliphatic carbocycles. The van der Waals surface area contributed by atoms with E-state index in [-0.39, 0.29) is 11.5 Å². The summed E-state index contributed by atoms with van der Waals surface area (Å²) in [6.07, 6.45) is 2.63. The maximum Gasteiger partial charge on any atom is 0.387 e. The number of rotatable bonds is 5. The van der Waals surface area contributed by atoms with Gasteiger partial charge < -0.3 is 19.2 Å². The van der Waals surface area contributed by atoms with Crippen LogP contribution in [0.3, 0.4) is 0 Å². The topological polar surface area (TPSA) is 60.7 Å². The van der Waals surface area contributed by atoms with Gasteiger partial charge in [-0.1, -0.05) is 0 Å². The predicted octanol–water partition coefficient (Wildman–Crippen LogP) is 3.14. The summed E-state index contributed by atoms with van der Waals surface area (Å²) in [5.41, 5.74) is 0.616. The number of methoxy groups -OCH3 is 1. The van der Waals surface area contributed by atoms with E-state index in [2.05, 4.69) is 10.1 Å². The summed E-state index contributed by atoms with van der Waals surface area (Å²) >= 11 is 0. The number of furan rings is 1. The summed E-state index contributed by atoms with van der Waals surface area (Å²) in [6.45, 7) is -2.98. The molecule has 0 atom stereocenters. The summed E-state index contributed by atoms with van der Waals surface area (Å²) in [5.74, 6) is -0.439. The molecule has 0 saturated carbocycles.